The van der Waals surface area contributed by atoms with Gasteiger partial charge in [0.15, 0.2) is 5.13 Å². The molecule has 0 atom stereocenters. The first-order valence-corrected chi connectivity index (χ1v) is 9.04. The van der Waals surface area contributed by atoms with E-state index in [0.29, 0.717) is 30.2 Å². The number of hydrogen-bond donors (Lipinski definition) is 2. The Morgan fingerprint density at radius 2 is 2.07 bits per heavy atom. The summed E-state index contributed by atoms with van der Waals surface area (Å²) in [6.45, 7) is 0.820. The zero-order valence-electron chi connectivity index (χ0n) is 14.1. The number of benzene rings is 1. The van der Waals surface area contributed by atoms with Gasteiger partial charge in [-0.05, 0) is 18.2 Å². The van der Waals surface area contributed by atoms with E-state index in [1.165, 1.54) is 36.0 Å². The highest BCUT2D eigenvalue weighted by Crippen LogP contribution is 2.29. The first-order chi connectivity index (χ1) is 13.1. The van der Waals surface area contributed by atoms with Crippen LogP contribution < -0.4 is 10.6 Å². The van der Waals surface area contributed by atoms with Gasteiger partial charge in [-0.2, -0.15) is 0 Å². The number of nitrogens with one attached hydrogen (secondary N) is 2. The fourth-order valence-electron chi connectivity index (χ4n) is 2.74. The van der Waals surface area contributed by atoms with Gasteiger partial charge >= 0.3 is 6.03 Å². The van der Waals surface area contributed by atoms with E-state index in [1.807, 2.05) is 0 Å². The van der Waals surface area contributed by atoms with Crippen molar-refractivity contribution in [2.24, 2.45) is 0 Å². The summed E-state index contributed by atoms with van der Waals surface area (Å²) in [6, 6.07) is 7.22. The smallest absolute Gasteiger partial charge is 0.322 e. The van der Waals surface area contributed by atoms with E-state index in [9.17, 15) is 14.0 Å². The van der Waals surface area contributed by atoms with Crippen molar-refractivity contribution in [1.29, 1.82) is 0 Å². The van der Waals surface area contributed by atoms with Crippen molar-refractivity contribution in [3.8, 4) is 0 Å². The van der Waals surface area contributed by atoms with Gasteiger partial charge in [0.05, 0.1) is 29.8 Å². The van der Waals surface area contributed by atoms with E-state index < -0.39 is 5.82 Å². The number of amides is 3. The van der Waals surface area contributed by atoms with Crippen molar-refractivity contribution < 1.29 is 18.4 Å². The molecule has 9 heteroatoms. The summed E-state index contributed by atoms with van der Waals surface area (Å²) in [6.07, 6.45) is 3.35. The van der Waals surface area contributed by atoms with Crippen LogP contribution in [-0.4, -0.2) is 28.4 Å². The van der Waals surface area contributed by atoms with E-state index in [2.05, 4.69) is 15.6 Å². The Hall–Kier alpha value is -3.20. The first kappa shape index (κ1) is 17.2. The van der Waals surface area contributed by atoms with Gasteiger partial charge in [0, 0.05) is 17.8 Å². The molecule has 0 unspecified atom stereocenters. The number of carbonyl (C=O) groups is 2. The maximum Gasteiger partial charge on any atom is 0.322 e. The molecule has 0 spiro atoms. The molecule has 1 aliphatic heterocycles. The maximum absolute atomic E-state index is 13.7. The second-order valence-electron chi connectivity index (χ2n) is 5.94. The Kier molecular flexibility index (Phi) is 4.59. The van der Waals surface area contributed by atoms with Crippen LogP contribution in [0.25, 0.3) is 0 Å². The molecule has 0 saturated carbocycles. The van der Waals surface area contributed by atoms with Crippen LogP contribution in [0.5, 0.6) is 0 Å². The van der Waals surface area contributed by atoms with Gasteiger partial charge in [-0.15, -0.1) is 0 Å². The Balaban J connectivity index is 1.42. The van der Waals surface area contributed by atoms with Crippen LogP contribution in [0, 0.1) is 5.82 Å². The number of rotatable bonds is 3. The fourth-order valence-corrected chi connectivity index (χ4v) is 3.76. The number of aromatic nitrogens is 1. The topological polar surface area (TPSA) is 87.5 Å². The number of fused-ring (bicyclic) bond motifs is 1. The van der Waals surface area contributed by atoms with Crippen LogP contribution in [0.3, 0.4) is 0 Å². The van der Waals surface area contributed by atoms with Crippen LogP contribution >= 0.6 is 11.3 Å². The highest BCUT2D eigenvalue weighted by atomic mass is 32.1. The molecule has 1 aromatic carbocycles. The van der Waals surface area contributed by atoms with Crippen molar-refractivity contribution in [1.82, 2.24) is 9.88 Å². The molecule has 4 rings (SSSR count). The van der Waals surface area contributed by atoms with Crippen LogP contribution in [0.15, 0.2) is 47.3 Å². The number of urea groups is 1. The highest BCUT2D eigenvalue weighted by Gasteiger charge is 2.25. The first-order valence-electron chi connectivity index (χ1n) is 8.23. The van der Waals surface area contributed by atoms with E-state index in [0.717, 1.165) is 10.6 Å². The largest absolute Gasteiger partial charge is 0.472 e. The Labute approximate surface area is 157 Å². The zero-order valence-corrected chi connectivity index (χ0v) is 14.9. The Morgan fingerprint density at radius 3 is 2.85 bits per heavy atom. The van der Waals surface area contributed by atoms with Crippen molar-refractivity contribution in [3.05, 3.63) is 64.8 Å². The molecule has 0 saturated heterocycles. The highest BCUT2D eigenvalue weighted by molar-refractivity contribution is 7.15. The lowest BCUT2D eigenvalue weighted by Gasteiger charge is -2.26. The van der Waals surface area contributed by atoms with Crippen molar-refractivity contribution in [2.75, 3.05) is 17.2 Å². The summed E-state index contributed by atoms with van der Waals surface area (Å²) in [5.74, 6) is -0.783. The van der Waals surface area contributed by atoms with Gasteiger partial charge in [0.2, 0.25) is 0 Å². The monoisotopic (exact) mass is 386 g/mol. The number of nitrogens with zero attached hydrogens (tertiary/aromatic N) is 2. The molecule has 1 aliphatic rings. The van der Waals surface area contributed by atoms with Crippen molar-refractivity contribution >= 4 is 34.1 Å². The van der Waals surface area contributed by atoms with E-state index in [1.54, 1.807) is 23.1 Å². The van der Waals surface area contributed by atoms with Crippen LogP contribution in [0.2, 0.25) is 0 Å². The van der Waals surface area contributed by atoms with Gasteiger partial charge < -0.3 is 14.6 Å². The lowest BCUT2D eigenvalue weighted by molar-refractivity contribution is 0.102. The molecular formula is C18H15FN4O3S. The minimum absolute atomic E-state index is 0.144. The molecule has 7 nitrogen and oxygen atoms in total. The fraction of sp³-hybridized carbons (Fsp3) is 0.167. The third-order valence-corrected chi connectivity index (χ3v) is 5.14. The molecule has 3 heterocycles. The van der Waals surface area contributed by atoms with Gasteiger partial charge in [-0.3, -0.25) is 10.1 Å². The second-order valence-corrected chi connectivity index (χ2v) is 7.02. The minimum Gasteiger partial charge on any atom is -0.472 e. The predicted octanol–water partition coefficient (Wildman–Crippen LogP) is 3.72. The summed E-state index contributed by atoms with van der Waals surface area (Å²) < 4.78 is 18.6. The number of anilines is 2. The minimum atomic E-state index is -0.481. The molecule has 2 aromatic heterocycles. The number of halogens is 1. The number of para-hydroxylation sites is 1. The van der Waals surface area contributed by atoms with Crippen LogP contribution in [0.1, 0.15) is 20.9 Å². The van der Waals surface area contributed by atoms with E-state index >= 15 is 0 Å². The molecule has 3 amide bonds. The lowest BCUT2D eigenvalue weighted by Crippen LogP contribution is -2.38. The second kappa shape index (κ2) is 7.20. The Morgan fingerprint density at radius 1 is 1.22 bits per heavy atom. The molecular weight excluding hydrogens is 371 g/mol. The number of hydrogen-bond acceptors (Lipinski definition) is 5. The summed E-state index contributed by atoms with van der Waals surface area (Å²) in [7, 11) is 0. The third kappa shape index (κ3) is 3.68. The lowest BCUT2D eigenvalue weighted by atomic mass is 10.2. The van der Waals surface area contributed by atoms with Crippen molar-refractivity contribution in [3.63, 3.8) is 0 Å². The number of furan rings is 1. The molecule has 2 N–H and O–H groups in total. The summed E-state index contributed by atoms with van der Waals surface area (Å²) >= 11 is 1.32. The average Bonchev–Trinajstić information content (AvgIpc) is 3.32. The summed E-state index contributed by atoms with van der Waals surface area (Å²) in [5.41, 5.74) is 1.41. The van der Waals surface area contributed by atoms with E-state index in [-0.39, 0.29) is 17.6 Å². The van der Waals surface area contributed by atoms with Gasteiger partial charge in [-0.25, -0.2) is 14.2 Å². The van der Waals surface area contributed by atoms with Crippen LogP contribution in [0.4, 0.5) is 20.0 Å². The standard InChI is InChI=1S/C18H15FN4O3S/c19-12-3-1-2-4-13(12)21-18(25)23-7-5-14-15(9-23)27-17(20-14)22-16(24)11-6-8-26-10-11/h1-4,6,8,10H,5,7,9H2,(H,21,25)(H,20,22,24). The van der Waals surface area contributed by atoms with Crippen molar-refractivity contribution in [2.45, 2.75) is 13.0 Å². The molecule has 27 heavy (non-hydrogen) atoms. The predicted molar refractivity (Wildman–Crippen MR) is 98.3 cm³/mol. The molecule has 138 valence electrons. The summed E-state index contributed by atoms with van der Waals surface area (Å²) in [5, 5.41) is 5.79. The summed E-state index contributed by atoms with van der Waals surface area (Å²) in [4.78, 5) is 31.4. The van der Waals surface area contributed by atoms with Gasteiger partial charge in [0.25, 0.3) is 5.91 Å². The SMILES string of the molecule is O=C(Nc1nc2c(s1)CN(C(=O)Nc1ccccc1F)CC2)c1ccoc1. The molecule has 0 fully saturated rings. The average molecular weight is 386 g/mol. The quantitative estimate of drug-likeness (QED) is 0.718. The molecule has 0 radical (unpaired) electrons. The van der Waals surface area contributed by atoms with Gasteiger partial charge in [0.1, 0.15) is 12.1 Å². The third-order valence-electron chi connectivity index (χ3n) is 4.14. The number of carbonyl (C=O) groups excluding carboxylic acids is 2. The molecule has 0 aliphatic carbocycles. The number of thiazole rings is 1. The van der Waals surface area contributed by atoms with Gasteiger partial charge in [-0.1, -0.05) is 23.5 Å². The zero-order chi connectivity index (χ0) is 18.8. The molecule has 0 bridgehead atoms. The molecule has 3 aromatic rings. The van der Waals surface area contributed by atoms with Crippen LogP contribution in [-0.2, 0) is 13.0 Å². The van der Waals surface area contributed by atoms with E-state index in [4.69, 9.17) is 4.42 Å². The normalized spacial score (nSPS) is 13.1. The Bertz CT molecular complexity index is 986. The maximum atomic E-state index is 13.7.